The second kappa shape index (κ2) is 8.34. The third kappa shape index (κ3) is 5.31. The van der Waals surface area contributed by atoms with Crippen molar-refractivity contribution >= 4 is 43.2 Å². The molecule has 1 amide bonds. The lowest BCUT2D eigenvalue weighted by atomic mass is 10.2. The molecule has 26 heavy (non-hydrogen) atoms. The first kappa shape index (κ1) is 19.9. The molecule has 2 N–H and O–H groups in total. The van der Waals surface area contributed by atoms with Gasteiger partial charge in [0.15, 0.2) is 0 Å². The number of nitrogens with one attached hydrogen (secondary N) is 2. The van der Waals surface area contributed by atoms with Crippen molar-refractivity contribution in [2.75, 3.05) is 11.9 Å². The van der Waals surface area contributed by atoms with Crippen molar-refractivity contribution in [3.05, 3.63) is 62.9 Å². The Kier molecular flexibility index (Phi) is 6.40. The lowest BCUT2D eigenvalue weighted by molar-refractivity contribution is -0.387. The molecule has 2 rings (SSSR count). The van der Waals surface area contributed by atoms with E-state index in [2.05, 4.69) is 26.0 Å². The van der Waals surface area contributed by atoms with E-state index in [9.17, 15) is 27.7 Å². The number of carbonyl (C=O) groups is 1. The van der Waals surface area contributed by atoms with E-state index in [1.165, 1.54) is 18.2 Å². The van der Waals surface area contributed by atoms with Gasteiger partial charge in [0.1, 0.15) is 0 Å². The summed E-state index contributed by atoms with van der Waals surface area (Å²) in [4.78, 5) is 21.6. The number of amides is 1. The van der Waals surface area contributed by atoms with E-state index in [1.54, 1.807) is 12.1 Å². The first-order valence-electron chi connectivity index (χ1n) is 7.18. The summed E-state index contributed by atoms with van der Waals surface area (Å²) in [5, 5.41) is 13.0. The van der Waals surface area contributed by atoms with Crippen LogP contribution in [0.5, 0.6) is 0 Å². The molecule has 0 fully saturated rings. The topological polar surface area (TPSA) is 118 Å². The molecule has 0 heterocycles. The molecule has 138 valence electrons. The van der Waals surface area contributed by atoms with Crippen LogP contribution in [0.3, 0.4) is 0 Å². The highest BCUT2D eigenvalue weighted by molar-refractivity contribution is 9.10. The molecule has 0 bridgehead atoms. The van der Waals surface area contributed by atoms with Crippen LogP contribution in [0.25, 0.3) is 0 Å². The summed E-state index contributed by atoms with van der Waals surface area (Å²) in [6.45, 7) is -0.173. The zero-order valence-electron chi connectivity index (χ0n) is 13.1. The Bertz CT molecular complexity index is 935. The standard InChI is InChI=1S/C15H13BrFN3O5S/c16-10-1-4-12(5-2-10)26(24,25)18-8-7-15(21)19-11-3-6-13(17)14(9-11)20(22)23/h1-6,9,18H,7-8H2,(H,19,21). The van der Waals surface area contributed by atoms with E-state index in [1.807, 2.05) is 0 Å². The molecule has 0 saturated carbocycles. The highest BCUT2D eigenvalue weighted by atomic mass is 79.9. The Labute approximate surface area is 156 Å². The molecule has 0 unspecified atom stereocenters. The third-order valence-corrected chi connectivity index (χ3v) is 5.20. The molecular formula is C15H13BrFN3O5S. The van der Waals surface area contributed by atoms with Crippen LogP contribution in [-0.4, -0.2) is 25.8 Å². The smallest absolute Gasteiger partial charge is 0.306 e. The first-order valence-corrected chi connectivity index (χ1v) is 9.46. The minimum atomic E-state index is -3.76. The maximum absolute atomic E-state index is 13.2. The first-order chi connectivity index (χ1) is 12.2. The molecule has 0 aromatic heterocycles. The number of nitro benzene ring substituents is 1. The molecule has 0 radical (unpaired) electrons. The number of nitrogens with zero attached hydrogens (tertiary/aromatic N) is 1. The van der Waals surface area contributed by atoms with Crippen LogP contribution >= 0.6 is 15.9 Å². The Balaban J connectivity index is 1.92. The number of hydrogen-bond donors (Lipinski definition) is 2. The summed E-state index contributed by atoms with van der Waals surface area (Å²) >= 11 is 3.20. The Morgan fingerprint density at radius 1 is 1.19 bits per heavy atom. The molecule has 8 nitrogen and oxygen atoms in total. The van der Waals surface area contributed by atoms with E-state index in [4.69, 9.17) is 0 Å². The van der Waals surface area contributed by atoms with E-state index in [0.717, 1.165) is 16.6 Å². The lowest BCUT2D eigenvalue weighted by Gasteiger charge is -2.08. The van der Waals surface area contributed by atoms with Gasteiger partial charge in [-0.05, 0) is 36.4 Å². The van der Waals surface area contributed by atoms with Gasteiger partial charge in [-0.15, -0.1) is 0 Å². The molecule has 11 heteroatoms. The zero-order valence-corrected chi connectivity index (χ0v) is 15.5. The molecule has 2 aromatic carbocycles. The highest BCUT2D eigenvalue weighted by Gasteiger charge is 2.16. The maximum Gasteiger partial charge on any atom is 0.306 e. The molecule has 2 aromatic rings. The molecule has 0 saturated heterocycles. The van der Waals surface area contributed by atoms with Crippen molar-refractivity contribution in [2.24, 2.45) is 0 Å². The van der Waals surface area contributed by atoms with Crippen LogP contribution in [0.15, 0.2) is 51.8 Å². The average molecular weight is 446 g/mol. The van der Waals surface area contributed by atoms with Crippen LogP contribution in [0.1, 0.15) is 6.42 Å². The van der Waals surface area contributed by atoms with E-state index >= 15 is 0 Å². The predicted molar refractivity (Wildman–Crippen MR) is 95.6 cm³/mol. The fourth-order valence-corrected chi connectivity index (χ4v) is 3.25. The van der Waals surface area contributed by atoms with Gasteiger partial charge >= 0.3 is 5.69 Å². The summed E-state index contributed by atoms with van der Waals surface area (Å²) in [5.41, 5.74) is -0.724. The van der Waals surface area contributed by atoms with Crippen molar-refractivity contribution < 1.29 is 22.5 Å². The summed E-state index contributed by atoms with van der Waals surface area (Å²) < 4.78 is 40.4. The van der Waals surface area contributed by atoms with Crippen molar-refractivity contribution in [1.29, 1.82) is 0 Å². The molecule has 0 atom stereocenters. The minimum Gasteiger partial charge on any atom is -0.326 e. The number of carbonyl (C=O) groups excluding carboxylic acids is 1. The largest absolute Gasteiger partial charge is 0.326 e. The monoisotopic (exact) mass is 445 g/mol. The Morgan fingerprint density at radius 2 is 1.85 bits per heavy atom. The van der Waals surface area contributed by atoms with Gasteiger partial charge in [-0.3, -0.25) is 14.9 Å². The normalized spacial score (nSPS) is 11.2. The van der Waals surface area contributed by atoms with Gasteiger partial charge in [-0.25, -0.2) is 13.1 Å². The second-order valence-electron chi connectivity index (χ2n) is 5.07. The van der Waals surface area contributed by atoms with E-state index < -0.39 is 32.4 Å². The molecule has 0 aliphatic heterocycles. The number of sulfonamides is 1. The van der Waals surface area contributed by atoms with Gasteiger partial charge < -0.3 is 5.32 Å². The van der Waals surface area contributed by atoms with Crippen molar-refractivity contribution in [1.82, 2.24) is 4.72 Å². The average Bonchev–Trinajstić information content (AvgIpc) is 2.56. The number of benzene rings is 2. The van der Waals surface area contributed by atoms with Crippen molar-refractivity contribution in [3.8, 4) is 0 Å². The number of anilines is 1. The summed E-state index contributed by atoms with van der Waals surface area (Å²) in [5.74, 6) is -1.60. The fraction of sp³-hybridized carbons (Fsp3) is 0.133. The van der Waals surface area contributed by atoms with Gasteiger partial charge in [-0.2, -0.15) is 4.39 Å². The van der Waals surface area contributed by atoms with E-state index in [0.29, 0.717) is 0 Å². The summed E-state index contributed by atoms with van der Waals surface area (Å²) in [7, 11) is -3.76. The van der Waals surface area contributed by atoms with Gasteiger partial charge in [0.05, 0.1) is 9.82 Å². The number of nitro groups is 1. The number of hydrogen-bond acceptors (Lipinski definition) is 5. The van der Waals surface area contributed by atoms with Crippen LogP contribution in [-0.2, 0) is 14.8 Å². The summed E-state index contributed by atoms with van der Waals surface area (Å²) in [6.07, 6.45) is -0.207. The van der Waals surface area contributed by atoms with Gasteiger partial charge in [-0.1, -0.05) is 15.9 Å². The van der Waals surface area contributed by atoms with Crippen LogP contribution in [0, 0.1) is 15.9 Å². The van der Waals surface area contributed by atoms with Crippen molar-refractivity contribution in [2.45, 2.75) is 11.3 Å². The third-order valence-electron chi connectivity index (χ3n) is 3.19. The highest BCUT2D eigenvalue weighted by Crippen LogP contribution is 2.21. The minimum absolute atomic E-state index is 0.0406. The van der Waals surface area contributed by atoms with E-state index in [-0.39, 0.29) is 23.5 Å². The zero-order chi connectivity index (χ0) is 19.3. The van der Waals surface area contributed by atoms with Crippen molar-refractivity contribution in [3.63, 3.8) is 0 Å². The second-order valence-corrected chi connectivity index (χ2v) is 7.76. The van der Waals surface area contributed by atoms with Crippen LogP contribution in [0.2, 0.25) is 0 Å². The van der Waals surface area contributed by atoms with Gasteiger partial charge in [0.25, 0.3) is 0 Å². The molecular weight excluding hydrogens is 433 g/mol. The van der Waals surface area contributed by atoms with Crippen LogP contribution < -0.4 is 10.0 Å². The van der Waals surface area contributed by atoms with Gasteiger partial charge in [0, 0.05) is 29.2 Å². The Morgan fingerprint density at radius 3 is 2.46 bits per heavy atom. The lowest BCUT2D eigenvalue weighted by Crippen LogP contribution is -2.27. The van der Waals surface area contributed by atoms with Crippen LogP contribution in [0.4, 0.5) is 15.8 Å². The Hall–Kier alpha value is -2.37. The van der Waals surface area contributed by atoms with Gasteiger partial charge in [0.2, 0.25) is 21.7 Å². The molecule has 0 spiro atoms. The number of halogens is 2. The quantitative estimate of drug-likeness (QED) is 0.501. The summed E-state index contributed by atoms with van der Waals surface area (Å²) in [6, 6.07) is 8.88. The maximum atomic E-state index is 13.2. The number of rotatable bonds is 7. The SMILES string of the molecule is O=C(CCNS(=O)(=O)c1ccc(Br)cc1)Nc1ccc(F)c([N+](=O)[O-])c1. The predicted octanol–water partition coefficient (Wildman–Crippen LogP) is 2.80. The molecule has 0 aliphatic carbocycles. The fourth-order valence-electron chi connectivity index (χ4n) is 1.95. The molecule has 0 aliphatic rings.